The summed E-state index contributed by atoms with van der Waals surface area (Å²) in [5, 5.41) is 12.5. The van der Waals surface area contributed by atoms with E-state index in [9.17, 15) is 4.79 Å². The number of hydrogen-bond donors (Lipinski definition) is 0. The van der Waals surface area contributed by atoms with E-state index in [1.807, 2.05) is 11.8 Å². The third kappa shape index (κ3) is 3.48. The Balaban J connectivity index is 1.87. The molecule has 1 atom stereocenters. The van der Waals surface area contributed by atoms with Crippen LogP contribution in [0.4, 0.5) is 0 Å². The highest BCUT2D eigenvalue weighted by atomic mass is 16.5. The molecular weight excluding hydrogens is 322 g/mol. The first-order chi connectivity index (χ1) is 12.2. The van der Waals surface area contributed by atoms with Gasteiger partial charge in [0.15, 0.2) is 5.82 Å². The van der Waals surface area contributed by atoms with Crippen molar-refractivity contribution in [3.63, 3.8) is 0 Å². The summed E-state index contributed by atoms with van der Waals surface area (Å²) >= 11 is 0. The number of aromatic nitrogens is 4. The molecule has 0 aromatic carbocycles. The lowest BCUT2D eigenvalue weighted by Crippen LogP contribution is -2.45. The number of methoxy groups -OCH3 is 1. The maximum atomic E-state index is 12.9. The molecule has 0 saturated carbocycles. The van der Waals surface area contributed by atoms with Gasteiger partial charge in [-0.1, -0.05) is 13.8 Å². The van der Waals surface area contributed by atoms with Crippen LogP contribution in [0.2, 0.25) is 0 Å². The molecule has 3 heterocycles. The molecule has 134 valence electrons. The van der Waals surface area contributed by atoms with E-state index in [4.69, 9.17) is 9.47 Å². The summed E-state index contributed by atoms with van der Waals surface area (Å²) in [6, 6.07) is 3.49. The van der Waals surface area contributed by atoms with Gasteiger partial charge in [0.2, 0.25) is 5.88 Å². The Bertz CT molecular complexity index is 728. The molecule has 0 spiro atoms. The molecule has 2 aromatic rings. The standard InChI is InChI=1S/C17H23N5O3/c1-4-12-11-21(8-9-25-12)17(23)13-10-18-22(14(13)5-2)15-6-7-16(24-3)20-19-15/h6-7,10,12H,4-5,8-9,11H2,1-3H3. The van der Waals surface area contributed by atoms with Gasteiger partial charge in [-0.3, -0.25) is 4.79 Å². The Morgan fingerprint density at radius 2 is 2.20 bits per heavy atom. The van der Waals surface area contributed by atoms with E-state index in [1.54, 1.807) is 23.0 Å². The van der Waals surface area contributed by atoms with Crippen molar-refractivity contribution in [1.29, 1.82) is 0 Å². The molecule has 1 unspecified atom stereocenters. The number of hydrogen-bond acceptors (Lipinski definition) is 6. The quantitative estimate of drug-likeness (QED) is 0.816. The van der Waals surface area contributed by atoms with Gasteiger partial charge in [0.25, 0.3) is 5.91 Å². The molecule has 1 aliphatic rings. The van der Waals surface area contributed by atoms with Crippen LogP contribution in [0.15, 0.2) is 18.3 Å². The van der Waals surface area contributed by atoms with Gasteiger partial charge in [-0.2, -0.15) is 5.10 Å². The van der Waals surface area contributed by atoms with Gasteiger partial charge < -0.3 is 14.4 Å². The van der Waals surface area contributed by atoms with Crippen LogP contribution in [0, 0.1) is 0 Å². The molecule has 1 saturated heterocycles. The second-order valence-electron chi connectivity index (χ2n) is 5.86. The zero-order valence-corrected chi connectivity index (χ0v) is 14.8. The number of nitrogens with zero attached hydrogens (tertiary/aromatic N) is 5. The zero-order chi connectivity index (χ0) is 17.8. The highest BCUT2D eigenvalue weighted by molar-refractivity contribution is 5.95. The average molecular weight is 345 g/mol. The molecule has 0 bridgehead atoms. The third-order valence-corrected chi connectivity index (χ3v) is 4.37. The molecule has 1 amide bonds. The number of carbonyl (C=O) groups excluding carboxylic acids is 1. The van der Waals surface area contributed by atoms with Crippen LogP contribution in [0.3, 0.4) is 0 Å². The Labute approximate surface area is 146 Å². The Morgan fingerprint density at radius 3 is 2.84 bits per heavy atom. The summed E-state index contributed by atoms with van der Waals surface area (Å²) in [7, 11) is 1.54. The number of rotatable bonds is 5. The molecule has 1 fully saturated rings. The van der Waals surface area contributed by atoms with E-state index >= 15 is 0 Å². The van der Waals surface area contributed by atoms with Crippen molar-refractivity contribution in [1.82, 2.24) is 24.9 Å². The number of amides is 1. The fourth-order valence-corrected chi connectivity index (χ4v) is 2.95. The lowest BCUT2D eigenvalue weighted by atomic mass is 10.1. The lowest BCUT2D eigenvalue weighted by Gasteiger charge is -2.32. The third-order valence-electron chi connectivity index (χ3n) is 4.37. The lowest BCUT2D eigenvalue weighted by molar-refractivity contribution is -0.0226. The van der Waals surface area contributed by atoms with Gasteiger partial charge in [0.1, 0.15) is 0 Å². The topological polar surface area (TPSA) is 82.4 Å². The van der Waals surface area contributed by atoms with E-state index in [0.29, 0.717) is 43.4 Å². The van der Waals surface area contributed by atoms with E-state index in [-0.39, 0.29) is 12.0 Å². The summed E-state index contributed by atoms with van der Waals surface area (Å²) in [4.78, 5) is 14.8. The van der Waals surface area contributed by atoms with Crippen LogP contribution in [-0.2, 0) is 11.2 Å². The van der Waals surface area contributed by atoms with E-state index in [0.717, 1.165) is 12.1 Å². The van der Waals surface area contributed by atoms with Gasteiger partial charge in [-0.05, 0) is 18.9 Å². The van der Waals surface area contributed by atoms with Crippen molar-refractivity contribution in [2.45, 2.75) is 32.8 Å². The number of carbonyl (C=O) groups is 1. The highest BCUT2D eigenvalue weighted by Crippen LogP contribution is 2.19. The minimum Gasteiger partial charge on any atom is -0.480 e. The van der Waals surface area contributed by atoms with Crippen molar-refractivity contribution < 1.29 is 14.3 Å². The maximum Gasteiger partial charge on any atom is 0.257 e. The summed E-state index contributed by atoms with van der Waals surface area (Å²) < 4.78 is 12.3. The Hall–Kier alpha value is -2.48. The fourth-order valence-electron chi connectivity index (χ4n) is 2.95. The molecule has 25 heavy (non-hydrogen) atoms. The monoisotopic (exact) mass is 345 g/mol. The minimum absolute atomic E-state index is 0.00804. The van der Waals surface area contributed by atoms with Crippen molar-refractivity contribution in [3.8, 4) is 11.7 Å². The number of morpholine rings is 1. The first-order valence-corrected chi connectivity index (χ1v) is 8.53. The summed E-state index contributed by atoms with van der Waals surface area (Å²) in [6.07, 6.45) is 3.27. The minimum atomic E-state index is -0.00804. The van der Waals surface area contributed by atoms with Crippen LogP contribution >= 0.6 is 0 Å². The van der Waals surface area contributed by atoms with E-state index in [2.05, 4.69) is 22.2 Å². The second kappa shape index (κ2) is 7.60. The molecule has 2 aromatic heterocycles. The van der Waals surface area contributed by atoms with Gasteiger partial charge in [0, 0.05) is 19.2 Å². The predicted molar refractivity (Wildman–Crippen MR) is 91.0 cm³/mol. The molecular formula is C17H23N5O3. The summed E-state index contributed by atoms with van der Waals surface area (Å²) in [6.45, 7) is 5.85. The van der Waals surface area contributed by atoms with E-state index < -0.39 is 0 Å². The highest BCUT2D eigenvalue weighted by Gasteiger charge is 2.27. The maximum absolute atomic E-state index is 12.9. The molecule has 0 radical (unpaired) electrons. The van der Waals surface area contributed by atoms with Gasteiger partial charge in [0.05, 0.1) is 37.3 Å². The first-order valence-electron chi connectivity index (χ1n) is 8.53. The second-order valence-corrected chi connectivity index (χ2v) is 5.86. The molecule has 0 N–H and O–H groups in total. The van der Waals surface area contributed by atoms with Crippen LogP contribution in [-0.4, -0.2) is 63.7 Å². The SMILES string of the molecule is CCc1c(C(=O)N2CCOC(CC)C2)cnn1-c1ccc(OC)nn1. The van der Waals surface area contributed by atoms with Gasteiger partial charge >= 0.3 is 0 Å². The summed E-state index contributed by atoms with van der Waals surface area (Å²) in [5.41, 5.74) is 1.43. The Kier molecular flexibility index (Phi) is 5.28. The average Bonchev–Trinajstić information content (AvgIpc) is 3.11. The predicted octanol–water partition coefficient (Wildman–Crippen LogP) is 1.48. The van der Waals surface area contributed by atoms with Crippen LogP contribution in [0.25, 0.3) is 5.82 Å². The van der Waals surface area contributed by atoms with Crippen LogP contribution in [0.1, 0.15) is 36.3 Å². The van der Waals surface area contributed by atoms with Crippen molar-refractivity contribution in [2.24, 2.45) is 0 Å². The largest absolute Gasteiger partial charge is 0.480 e. The zero-order valence-electron chi connectivity index (χ0n) is 14.8. The van der Waals surface area contributed by atoms with Crippen molar-refractivity contribution in [2.75, 3.05) is 26.8 Å². The summed E-state index contributed by atoms with van der Waals surface area (Å²) in [5.74, 6) is 0.987. The smallest absolute Gasteiger partial charge is 0.257 e. The first kappa shape index (κ1) is 17.3. The van der Waals surface area contributed by atoms with Gasteiger partial charge in [-0.25, -0.2) is 4.68 Å². The molecule has 0 aliphatic carbocycles. The Morgan fingerprint density at radius 1 is 1.36 bits per heavy atom. The van der Waals surface area contributed by atoms with Crippen LogP contribution < -0.4 is 4.74 Å². The van der Waals surface area contributed by atoms with Crippen molar-refractivity contribution >= 4 is 5.91 Å². The fraction of sp³-hybridized carbons (Fsp3) is 0.529. The number of ether oxygens (including phenoxy) is 2. The molecule has 1 aliphatic heterocycles. The normalized spacial score (nSPS) is 17.6. The molecule has 3 rings (SSSR count). The van der Waals surface area contributed by atoms with Crippen LogP contribution in [0.5, 0.6) is 5.88 Å². The molecule has 8 heteroatoms. The van der Waals surface area contributed by atoms with Gasteiger partial charge in [-0.15, -0.1) is 10.2 Å². The van der Waals surface area contributed by atoms with Crippen molar-refractivity contribution in [3.05, 3.63) is 29.6 Å². The molecule has 8 nitrogen and oxygen atoms in total. The van der Waals surface area contributed by atoms with E-state index in [1.165, 1.54) is 7.11 Å².